The van der Waals surface area contributed by atoms with Crippen LogP contribution in [0.25, 0.3) is 0 Å². The lowest BCUT2D eigenvalue weighted by Crippen LogP contribution is -2.73. The largest absolute Gasteiger partial charge is 0.480 e. The fourth-order valence-corrected chi connectivity index (χ4v) is 3.67. The molecular weight excluding hydrogens is 570 g/mol. The predicted octanol–water partition coefficient (Wildman–Crippen LogP) is -4.53. The number of aliphatic carboxylic acids is 1. The Kier molecular flexibility index (Phi) is 17.0. The quantitative estimate of drug-likeness (QED) is 0.0661. The lowest BCUT2D eigenvalue weighted by atomic mass is 9.99. The third-order valence-electron chi connectivity index (χ3n) is 6.37. The van der Waals surface area contributed by atoms with Gasteiger partial charge in [0.25, 0.3) is 5.91 Å². The van der Waals surface area contributed by atoms with E-state index in [-0.39, 0.29) is 25.2 Å². The number of carbonyl (C=O) groups is 7. The summed E-state index contributed by atoms with van der Waals surface area (Å²) in [5, 5.41) is 40.4. The van der Waals surface area contributed by atoms with Crippen LogP contribution in [-0.2, 0) is 33.6 Å². The van der Waals surface area contributed by atoms with E-state index in [1.807, 2.05) is 0 Å². The van der Waals surface area contributed by atoms with Crippen molar-refractivity contribution in [1.82, 2.24) is 26.6 Å². The molecule has 0 saturated carbocycles. The van der Waals surface area contributed by atoms with Crippen LogP contribution in [-0.4, -0.2) is 106 Å². The molecule has 0 aliphatic rings. The molecule has 0 rings (SSSR count). The van der Waals surface area contributed by atoms with E-state index in [2.05, 4.69) is 32.3 Å². The first-order valence-electron chi connectivity index (χ1n) is 14.0. The van der Waals surface area contributed by atoms with Gasteiger partial charge in [-0.1, -0.05) is 27.7 Å². The molecule has 13 N–H and O–H groups in total. The van der Waals surface area contributed by atoms with E-state index < -0.39 is 96.3 Å². The number of carboxylic acid groups (broad SMARTS) is 1. The smallest absolute Gasteiger partial charge is 0.326 e. The molecular formula is C26H48N7O10+. The predicted molar refractivity (Wildman–Crippen MR) is 151 cm³/mol. The maximum absolute atomic E-state index is 13.2. The first-order valence-corrected chi connectivity index (χ1v) is 14.0. The van der Waals surface area contributed by atoms with Gasteiger partial charge in [0.15, 0.2) is 6.04 Å². The number of aliphatic hydroxyl groups excluding tert-OH is 2. The first-order chi connectivity index (χ1) is 19.8. The van der Waals surface area contributed by atoms with Crippen LogP contribution in [0.5, 0.6) is 0 Å². The van der Waals surface area contributed by atoms with Gasteiger partial charge in [-0.3, -0.25) is 28.8 Å². The van der Waals surface area contributed by atoms with Gasteiger partial charge in [0, 0.05) is 6.42 Å². The van der Waals surface area contributed by atoms with E-state index >= 15 is 0 Å². The van der Waals surface area contributed by atoms with E-state index in [9.17, 15) is 48.9 Å². The van der Waals surface area contributed by atoms with Gasteiger partial charge in [0.1, 0.15) is 36.3 Å². The zero-order valence-corrected chi connectivity index (χ0v) is 25.5. The second kappa shape index (κ2) is 18.7. The molecule has 0 aromatic carbocycles. The molecule has 17 heteroatoms. The Balaban J connectivity index is 5.54. The van der Waals surface area contributed by atoms with Crippen LogP contribution >= 0.6 is 0 Å². The molecule has 17 nitrogen and oxygen atoms in total. The molecule has 0 unspecified atom stereocenters. The number of carbonyl (C=O) groups excluding carboxylic acids is 6. The highest BCUT2D eigenvalue weighted by Gasteiger charge is 2.33. The fourth-order valence-electron chi connectivity index (χ4n) is 3.67. The molecule has 0 saturated heterocycles. The number of nitrogens with two attached hydrogens (primary N) is 1. The van der Waals surface area contributed by atoms with Crippen molar-refractivity contribution in [2.45, 2.75) is 103 Å². The molecule has 0 spiro atoms. The van der Waals surface area contributed by atoms with Crippen molar-refractivity contribution in [2.24, 2.45) is 17.6 Å². The summed E-state index contributed by atoms with van der Waals surface area (Å²) in [4.78, 5) is 86.4. The van der Waals surface area contributed by atoms with Crippen LogP contribution in [0.15, 0.2) is 0 Å². The Morgan fingerprint density at radius 3 is 1.67 bits per heavy atom. The average Bonchev–Trinajstić information content (AvgIpc) is 2.89. The average molecular weight is 619 g/mol. The third-order valence-corrected chi connectivity index (χ3v) is 6.37. The molecule has 43 heavy (non-hydrogen) atoms. The maximum atomic E-state index is 13.2. The van der Waals surface area contributed by atoms with Crippen molar-refractivity contribution in [3.8, 4) is 0 Å². The van der Waals surface area contributed by atoms with Crippen molar-refractivity contribution >= 4 is 41.4 Å². The van der Waals surface area contributed by atoms with Gasteiger partial charge in [0.2, 0.25) is 29.5 Å². The molecule has 0 aliphatic heterocycles. The van der Waals surface area contributed by atoms with E-state index in [1.165, 1.54) is 13.8 Å². The summed E-state index contributed by atoms with van der Waals surface area (Å²) < 4.78 is 0. The number of quaternary nitrogens is 1. The molecule has 0 bridgehead atoms. The topological polar surface area (TPSA) is 294 Å². The minimum atomic E-state index is -1.44. The maximum Gasteiger partial charge on any atom is 0.326 e. The minimum absolute atomic E-state index is 0.105. The molecule has 0 fully saturated rings. The van der Waals surface area contributed by atoms with Crippen LogP contribution in [0.2, 0.25) is 0 Å². The Labute approximate surface area is 250 Å². The third kappa shape index (κ3) is 14.3. The summed E-state index contributed by atoms with van der Waals surface area (Å²) in [5.41, 5.74) is 8.55. The minimum Gasteiger partial charge on any atom is -0.480 e. The number of hydrogen-bond acceptors (Lipinski definition) is 9. The highest BCUT2D eigenvalue weighted by molar-refractivity contribution is 5.96. The molecule has 0 heterocycles. The summed E-state index contributed by atoms with van der Waals surface area (Å²) in [6.07, 6.45) is -1.51. The number of aliphatic hydroxyl groups is 2. The number of amides is 6. The molecule has 0 aromatic rings. The molecule has 0 aliphatic carbocycles. The lowest BCUT2D eigenvalue weighted by molar-refractivity contribution is -0.419. The normalized spacial score (nSPS) is 16.1. The lowest BCUT2D eigenvalue weighted by Gasteiger charge is -2.28. The molecule has 6 amide bonds. The summed E-state index contributed by atoms with van der Waals surface area (Å²) in [5.74, 6) is -6.75. The van der Waals surface area contributed by atoms with Gasteiger partial charge in [0.05, 0.1) is 6.61 Å². The Morgan fingerprint density at radius 2 is 1.23 bits per heavy atom. The molecule has 246 valence electrons. The highest BCUT2D eigenvalue weighted by atomic mass is 16.4. The van der Waals surface area contributed by atoms with Gasteiger partial charge >= 0.3 is 5.97 Å². The molecule has 0 aromatic heterocycles. The number of carboxylic acids is 1. The Hall–Kier alpha value is -3.83. The van der Waals surface area contributed by atoms with Crippen molar-refractivity contribution in [3.63, 3.8) is 0 Å². The van der Waals surface area contributed by atoms with Crippen LogP contribution in [0.4, 0.5) is 0 Å². The van der Waals surface area contributed by atoms with Gasteiger partial charge in [-0.05, 0) is 38.5 Å². The van der Waals surface area contributed by atoms with E-state index in [0.717, 1.165) is 0 Å². The van der Waals surface area contributed by atoms with Crippen molar-refractivity contribution in [2.75, 3.05) is 6.61 Å². The molecule has 0 radical (unpaired) electrons. The van der Waals surface area contributed by atoms with Crippen molar-refractivity contribution in [1.29, 1.82) is 0 Å². The van der Waals surface area contributed by atoms with Crippen LogP contribution in [0, 0.1) is 11.8 Å². The number of hydrogen-bond donors (Lipinski definition) is 10. The van der Waals surface area contributed by atoms with Crippen molar-refractivity contribution in [3.05, 3.63) is 0 Å². The van der Waals surface area contributed by atoms with Gasteiger partial charge in [-0.2, -0.15) is 0 Å². The van der Waals surface area contributed by atoms with Crippen LogP contribution in [0.3, 0.4) is 0 Å². The van der Waals surface area contributed by atoms with Gasteiger partial charge < -0.3 is 53.4 Å². The molecule has 7 atom stereocenters. The first kappa shape index (κ1) is 39.2. The summed E-state index contributed by atoms with van der Waals surface area (Å²) in [6, 6.07) is -7.55. The summed E-state index contributed by atoms with van der Waals surface area (Å²) in [6.45, 7) is 8.66. The highest BCUT2D eigenvalue weighted by Crippen LogP contribution is 2.09. The second-order valence-corrected chi connectivity index (χ2v) is 11.1. The van der Waals surface area contributed by atoms with E-state index in [1.54, 1.807) is 27.7 Å². The Bertz CT molecular complexity index is 1000. The fraction of sp³-hybridized carbons (Fsp3) is 0.731. The van der Waals surface area contributed by atoms with Gasteiger partial charge in [-0.15, -0.1) is 0 Å². The van der Waals surface area contributed by atoms with E-state index in [4.69, 9.17) is 5.73 Å². The zero-order chi connectivity index (χ0) is 33.6. The number of primary amides is 1. The zero-order valence-electron chi connectivity index (χ0n) is 25.5. The van der Waals surface area contributed by atoms with Crippen LogP contribution in [0.1, 0.15) is 60.8 Å². The standard InChI is InChI=1S/C26H47N7O10/c1-11(2)9-16(22(38)30-15(26(42)43)7-8-18(27)36)31-25(41)20(12(3)4)33-21(37)13(5)29-23(39)17(10-34)32-24(40)19(28)14(6)35/h11-17,19-20,34-35H,7-10,28H2,1-6H3,(H2,27,36)(H,29,39)(H,30,38)(H,31,41)(H,32,40)(H,33,37)(H,42,43)/p+1/t13-,14+,15-,16-,17-,19-,20-/m0/s1. The van der Waals surface area contributed by atoms with E-state index in [0.29, 0.717) is 0 Å². The summed E-state index contributed by atoms with van der Waals surface area (Å²) in [7, 11) is 0. The van der Waals surface area contributed by atoms with Gasteiger partial charge in [-0.25, -0.2) is 4.79 Å². The van der Waals surface area contributed by atoms with Crippen molar-refractivity contribution < 1.29 is 54.6 Å². The monoisotopic (exact) mass is 618 g/mol. The Morgan fingerprint density at radius 1 is 0.721 bits per heavy atom. The summed E-state index contributed by atoms with van der Waals surface area (Å²) >= 11 is 0. The number of nitrogens with one attached hydrogen (secondary N) is 5. The van der Waals surface area contributed by atoms with Crippen LogP contribution < -0.4 is 38.1 Å². The number of rotatable bonds is 19. The second-order valence-electron chi connectivity index (χ2n) is 11.1. The SMILES string of the molecule is CC(C)C[C@H](NC(=O)[C@@H](NC(=O)[C@H](C)NC(=O)[C@H](CO)NC(=O)[C@@H]([NH3+])[C@@H](C)O)C(C)C)C(=O)N[C@@H](CCC(N)=O)C(=O)O.